The second kappa shape index (κ2) is 5.52. The zero-order valence-electron chi connectivity index (χ0n) is 11.3. The Morgan fingerprint density at radius 3 is 2.55 bits per heavy atom. The molecule has 0 saturated heterocycles. The standard InChI is InChI=1S/C14H19F3N2O/c1-19-8-9(14(15,16)17)6-11(12(19)7-18)10-4-2-3-5-13(10)20/h6-8,10,13,20H,2-5,18H2,1H3/b12-7-. The van der Waals surface area contributed by atoms with Gasteiger partial charge in [-0.15, -0.1) is 0 Å². The predicted octanol–water partition coefficient (Wildman–Crippen LogP) is 2.66. The van der Waals surface area contributed by atoms with E-state index in [1.54, 1.807) is 0 Å². The number of aliphatic hydroxyl groups is 1. The van der Waals surface area contributed by atoms with Gasteiger partial charge in [0.1, 0.15) is 0 Å². The van der Waals surface area contributed by atoms with Gasteiger partial charge in [0.2, 0.25) is 0 Å². The van der Waals surface area contributed by atoms with Gasteiger partial charge in [0, 0.05) is 25.4 Å². The Hall–Kier alpha value is -1.43. The highest BCUT2D eigenvalue weighted by molar-refractivity contribution is 5.45. The maximum absolute atomic E-state index is 12.9. The van der Waals surface area contributed by atoms with Crippen molar-refractivity contribution in [2.24, 2.45) is 11.7 Å². The smallest absolute Gasteiger partial charge is 0.403 e. The van der Waals surface area contributed by atoms with Gasteiger partial charge in [-0.25, -0.2) is 0 Å². The van der Waals surface area contributed by atoms with Gasteiger partial charge < -0.3 is 15.7 Å². The van der Waals surface area contributed by atoms with Gasteiger partial charge in [0.25, 0.3) is 0 Å². The zero-order chi connectivity index (χ0) is 14.9. The van der Waals surface area contributed by atoms with Gasteiger partial charge in [0.15, 0.2) is 0 Å². The lowest BCUT2D eigenvalue weighted by atomic mass is 9.78. The number of alkyl halides is 3. The van der Waals surface area contributed by atoms with Crippen LogP contribution in [0.4, 0.5) is 13.2 Å². The number of nitrogens with two attached hydrogens (primary N) is 1. The first-order valence-electron chi connectivity index (χ1n) is 6.68. The summed E-state index contributed by atoms with van der Waals surface area (Å²) in [7, 11) is 1.53. The second-order valence-corrected chi connectivity index (χ2v) is 5.30. The molecule has 0 spiro atoms. The summed E-state index contributed by atoms with van der Waals surface area (Å²) < 4.78 is 38.8. The molecule has 0 aromatic carbocycles. The van der Waals surface area contributed by atoms with Crippen LogP contribution in [-0.2, 0) is 0 Å². The minimum Gasteiger partial charge on any atom is -0.403 e. The van der Waals surface area contributed by atoms with Crippen molar-refractivity contribution in [1.29, 1.82) is 0 Å². The number of nitrogens with zero attached hydrogens (tertiary/aromatic N) is 1. The molecule has 0 amide bonds. The molecular formula is C14H19F3N2O. The molecule has 2 atom stereocenters. The molecule has 0 aromatic rings. The molecule has 2 rings (SSSR count). The van der Waals surface area contributed by atoms with Gasteiger partial charge in [-0.1, -0.05) is 12.8 Å². The predicted molar refractivity (Wildman–Crippen MR) is 70.2 cm³/mol. The lowest BCUT2D eigenvalue weighted by molar-refractivity contribution is -0.0895. The fourth-order valence-corrected chi connectivity index (χ4v) is 2.90. The summed E-state index contributed by atoms with van der Waals surface area (Å²) in [5.41, 5.74) is 5.86. The first-order chi connectivity index (χ1) is 9.34. The van der Waals surface area contributed by atoms with Crippen molar-refractivity contribution in [1.82, 2.24) is 4.90 Å². The number of allylic oxidation sites excluding steroid dienone is 3. The molecule has 1 aliphatic heterocycles. The van der Waals surface area contributed by atoms with Crippen LogP contribution in [0.25, 0.3) is 0 Å². The van der Waals surface area contributed by atoms with Crippen molar-refractivity contribution >= 4 is 0 Å². The number of hydrogen-bond donors (Lipinski definition) is 2. The molecule has 1 aliphatic carbocycles. The van der Waals surface area contributed by atoms with Crippen LogP contribution in [0.1, 0.15) is 25.7 Å². The third kappa shape index (κ3) is 2.85. The third-order valence-corrected chi connectivity index (χ3v) is 3.93. The first kappa shape index (κ1) is 15.0. The van der Waals surface area contributed by atoms with Crippen LogP contribution < -0.4 is 5.73 Å². The summed E-state index contributed by atoms with van der Waals surface area (Å²) >= 11 is 0. The Morgan fingerprint density at radius 2 is 2.00 bits per heavy atom. The Labute approximate surface area is 116 Å². The molecule has 0 radical (unpaired) electrons. The van der Waals surface area contributed by atoms with E-state index in [2.05, 4.69) is 0 Å². The largest absolute Gasteiger partial charge is 0.417 e. The lowest BCUT2D eigenvalue weighted by Gasteiger charge is -2.35. The van der Waals surface area contributed by atoms with E-state index >= 15 is 0 Å². The minimum atomic E-state index is -4.40. The molecular weight excluding hydrogens is 269 g/mol. The normalized spacial score (nSPS) is 30.2. The maximum atomic E-state index is 12.9. The minimum absolute atomic E-state index is 0.285. The van der Waals surface area contributed by atoms with E-state index in [0.29, 0.717) is 24.1 Å². The molecule has 112 valence electrons. The van der Waals surface area contributed by atoms with Crippen molar-refractivity contribution in [3.63, 3.8) is 0 Å². The molecule has 2 aliphatic rings. The molecule has 2 unspecified atom stereocenters. The van der Waals surface area contributed by atoms with E-state index in [9.17, 15) is 18.3 Å². The Kier molecular flexibility index (Phi) is 4.13. The van der Waals surface area contributed by atoms with Gasteiger partial charge in [0.05, 0.1) is 17.4 Å². The quantitative estimate of drug-likeness (QED) is 0.780. The maximum Gasteiger partial charge on any atom is 0.417 e. The first-order valence-corrected chi connectivity index (χ1v) is 6.68. The van der Waals surface area contributed by atoms with Gasteiger partial charge in [-0.3, -0.25) is 0 Å². The zero-order valence-corrected chi connectivity index (χ0v) is 11.3. The monoisotopic (exact) mass is 288 g/mol. The van der Waals surface area contributed by atoms with Crippen LogP contribution in [0, 0.1) is 5.92 Å². The summed E-state index contributed by atoms with van der Waals surface area (Å²) in [5, 5.41) is 10.1. The lowest BCUT2D eigenvalue weighted by Crippen LogP contribution is -2.32. The van der Waals surface area contributed by atoms with Crippen molar-refractivity contribution in [2.45, 2.75) is 38.0 Å². The van der Waals surface area contributed by atoms with Crippen LogP contribution in [0.5, 0.6) is 0 Å². The third-order valence-electron chi connectivity index (χ3n) is 3.93. The van der Waals surface area contributed by atoms with E-state index < -0.39 is 17.9 Å². The van der Waals surface area contributed by atoms with Crippen LogP contribution in [0.15, 0.2) is 35.3 Å². The molecule has 0 aromatic heterocycles. The van der Waals surface area contributed by atoms with E-state index in [4.69, 9.17) is 5.73 Å². The highest BCUT2D eigenvalue weighted by Gasteiger charge is 2.38. The van der Waals surface area contributed by atoms with E-state index in [0.717, 1.165) is 25.1 Å². The van der Waals surface area contributed by atoms with E-state index in [-0.39, 0.29) is 5.92 Å². The highest BCUT2D eigenvalue weighted by atomic mass is 19.4. The Bertz CT molecular complexity index is 466. The number of likely N-dealkylation sites (N-methyl/N-ethyl adjacent to an activating group) is 1. The fourth-order valence-electron chi connectivity index (χ4n) is 2.90. The van der Waals surface area contributed by atoms with Crippen molar-refractivity contribution in [3.8, 4) is 0 Å². The number of aliphatic hydroxyl groups excluding tert-OH is 1. The van der Waals surface area contributed by atoms with Crippen LogP contribution in [0.3, 0.4) is 0 Å². The van der Waals surface area contributed by atoms with Gasteiger partial charge in [-0.05, 0) is 24.5 Å². The molecule has 1 fully saturated rings. The van der Waals surface area contributed by atoms with Crippen molar-refractivity contribution < 1.29 is 18.3 Å². The summed E-state index contributed by atoms with van der Waals surface area (Å²) in [6.07, 6.45) is 1.56. The number of halogens is 3. The topological polar surface area (TPSA) is 49.5 Å². The Morgan fingerprint density at radius 1 is 1.35 bits per heavy atom. The van der Waals surface area contributed by atoms with Gasteiger partial charge in [-0.2, -0.15) is 13.2 Å². The van der Waals surface area contributed by atoms with Crippen molar-refractivity contribution in [3.05, 3.63) is 35.3 Å². The molecule has 3 N–H and O–H groups in total. The molecule has 20 heavy (non-hydrogen) atoms. The van der Waals surface area contributed by atoms with E-state index in [1.165, 1.54) is 18.1 Å². The summed E-state index contributed by atoms with van der Waals surface area (Å²) in [4.78, 5) is 1.37. The number of hydrogen-bond acceptors (Lipinski definition) is 3. The van der Waals surface area contributed by atoms with E-state index in [1.807, 2.05) is 0 Å². The average Bonchev–Trinajstić information content (AvgIpc) is 2.37. The van der Waals surface area contributed by atoms with Crippen molar-refractivity contribution in [2.75, 3.05) is 7.05 Å². The SMILES string of the molecule is CN1C=C(C(F)(F)F)C=C(C2CCCCC2O)/C1=C/N. The molecule has 1 heterocycles. The van der Waals surface area contributed by atoms with Gasteiger partial charge >= 0.3 is 6.18 Å². The highest BCUT2D eigenvalue weighted by Crippen LogP contribution is 2.40. The molecule has 0 bridgehead atoms. The fraction of sp³-hybridized carbons (Fsp3) is 0.571. The number of rotatable bonds is 1. The second-order valence-electron chi connectivity index (χ2n) is 5.30. The Balaban J connectivity index is 2.40. The average molecular weight is 288 g/mol. The van der Waals surface area contributed by atoms with Crippen LogP contribution >= 0.6 is 0 Å². The van der Waals surface area contributed by atoms with Crippen LogP contribution in [0.2, 0.25) is 0 Å². The summed E-state index contributed by atoms with van der Waals surface area (Å²) in [6.45, 7) is 0. The summed E-state index contributed by atoms with van der Waals surface area (Å²) in [5.74, 6) is -0.285. The molecule has 3 nitrogen and oxygen atoms in total. The molecule has 1 saturated carbocycles. The van der Waals surface area contributed by atoms with Crippen LogP contribution in [-0.4, -0.2) is 29.3 Å². The summed E-state index contributed by atoms with van der Waals surface area (Å²) in [6, 6.07) is 0. The molecule has 6 heteroatoms.